The Balaban J connectivity index is 1.65. The van der Waals surface area contributed by atoms with Gasteiger partial charge in [-0.2, -0.15) is 0 Å². The molecular weight excluding hydrogens is 370 g/mol. The highest BCUT2D eigenvalue weighted by atomic mass is 19.2. The molecule has 0 saturated carbocycles. The maximum atomic E-state index is 13.2. The maximum Gasteiger partial charge on any atom is 0.255 e. The van der Waals surface area contributed by atoms with Crippen molar-refractivity contribution in [3.63, 3.8) is 0 Å². The Morgan fingerprint density at radius 2 is 1.14 bits per heavy atom. The second kappa shape index (κ2) is 7.75. The van der Waals surface area contributed by atoms with Crippen LogP contribution in [0, 0.1) is 11.6 Å². The third kappa shape index (κ3) is 4.24. The van der Waals surface area contributed by atoms with Gasteiger partial charge < -0.3 is 20.8 Å². The lowest BCUT2D eigenvalue weighted by molar-refractivity contribution is 0.101. The molecule has 6 nitrogen and oxygen atoms in total. The van der Waals surface area contributed by atoms with Gasteiger partial charge in [0.1, 0.15) is 0 Å². The van der Waals surface area contributed by atoms with Crippen LogP contribution in [0.4, 0.5) is 20.2 Å². The summed E-state index contributed by atoms with van der Waals surface area (Å²) in [5.41, 5.74) is 0.910. The van der Waals surface area contributed by atoms with E-state index in [9.17, 15) is 28.6 Å². The normalized spacial score (nSPS) is 10.4. The fraction of sp³-hybridized carbons (Fsp3) is 0. The quantitative estimate of drug-likeness (QED) is 0.513. The number of halogens is 2. The summed E-state index contributed by atoms with van der Waals surface area (Å²) in [5, 5.41) is 23.8. The largest absolute Gasteiger partial charge is 0.504 e. The molecule has 28 heavy (non-hydrogen) atoms. The van der Waals surface area contributed by atoms with Crippen LogP contribution in [-0.2, 0) is 0 Å². The Kier molecular flexibility index (Phi) is 5.21. The molecule has 0 saturated heterocycles. The number of amides is 2. The number of hydrogen-bond donors (Lipinski definition) is 4. The molecular formula is C20H14F2N2O4. The van der Waals surface area contributed by atoms with Gasteiger partial charge in [0.05, 0.1) is 0 Å². The average molecular weight is 384 g/mol. The van der Waals surface area contributed by atoms with Gasteiger partial charge in [0.25, 0.3) is 11.8 Å². The number of phenols is 2. The summed E-state index contributed by atoms with van der Waals surface area (Å²) >= 11 is 0. The first-order chi connectivity index (χ1) is 13.3. The van der Waals surface area contributed by atoms with Gasteiger partial charge in [0, 0.05) is 22.5 Å². The summed E-state index contributed by atoms with van der Waals surface area (Å²) in [6, 6.07) is 12.6. The van der Waals surface area contributed by atoms with Crippen molar-refractivity contribution in [1.29, 1.82) is 0 Å². The maximum absolute atomic E-state index is 13.2. The van der Waals surface area contributed by atoms with Crippen molar-refractivity contribution in [3.8, 4) is 11.5 Å². The molecule has 0 aromatic heterocycles. The summed E-state index contributed by atoms with van der Waals surface area (Å²) in [7, 11) is 0. The fourth-order valence-corrected chi connectivity index (χ4v) is 2.35. The summed E-state index contributed by atoms with van der Waals surface area (Å²) in [6.45, 7) is 0. The van der Waals surface area contributed by atoms with Gasteiger partial charge >= 0.3 is 0 Å². The van der Waals surface area contributed by atoms with Gasteiger partial charge in [-0.1, -0.05) is 0 Å². The first kappa shape index (κ1) is 18.8. The van der Waals surface area contributed by atoms with Crippen molar-refractivity contribution in [2.45, 2.75) is 0 Å². The first-order valence-electron chi connectivity index (χ1n) is 8.03. The molecule has 2 amide bonds. The smallest absolute Gasteiger partial charge is 0.255 e. The highest BCUT2D eigenvalue weighted by molar-refractivity contribution is 6.06. The topological polar surface area (TPSA) is 98.7 Å². The molecule has 0 bridgehead atoms. The number of benzene rings is 3. The Bertz CT molecular complexity index is 968. The van der Waals surface area contributed by atoms with Crippen LogP contribution in [0.1, 0.15) is 20.7 Å². The number of aromatic hydroxyl groups is 2. The highest BCUT2D eigenvalue weighted by Crippen LogP contribution is 2.25. The van der Waals surface area contributed by atoms with E-state index in [4.69, 9.17) is 0 Å². The number of rotatable bonds is 4. The molecule has 142 valence electrons. The molecule has 0 spiro atoms. The van der Waals surface area contributed by atoms with Crippen LogP contribution >= 0.6 is 0 Å². The summed E-state index contributed by atoms with van der Waals surface area (Å²) in [6.07, 6.45) is 0. The zero-order valence-corrected chi connectivity index (χ0v) is 14.2. The van der Waals surface area contributed by atoms with Crippen LogP contribution in [0.3, 0.4) is 0 Å². The van der Waals surface area contributed by atoms with Crippen molar-refractivity contribution < 1.29 is 28.6 Å². The number of anilines is 2. The molecule has 0 aliphatic heterocycles. The van der Waals surface area contributed by atoms with Gasteiger partial charge in [0.2, 0.25) is 0 Å². The molecule has 0 unspecified atom stereocenters. The van der Waals surface area contributed by atoms with E-state index in [0.717, 1.165) is 24.3 Å². The predicted molar refractivity (Wildman–Crippen MR) is 98.5 cm³/mol. The standard InChI is InChI=1S/C20H14F2N2O4/c21-15-7-1-11(9-16(15)22)19(27)23-13-3-5-14(6-4-13)24-20(28)12-2-8-17(25)18(26)10-12/h1-10,25-26H,(H,23,27)(H,24,28). The predicted octanol–water partition coefficient (Wildman–Crippen LogP) is 3.88. The van der Waals surface area contributed by atoms with Crippen molar-refractivity contribution >= 4 is 23.2 Å². The summed E-state index contributed by atoms with van der Waals surface area (Å²) < 4.78 is 26.1. The number of nitrogens with one attached hydrogen (secondary N) is 2. The lowest BCUT2D eigenvalue weighted by Gasteiger charge is -2.09. The molecule has 8 heteroatoms. The minimum atomic E-state index is -1.12. The lowest BCUT2D eigenvalue weighted by atomic mass is 10.1. The first-order valence-corrected chi connectivity index (χ1v) is 8.03. The van der Waals surface area contributed by atoms with Gasteiger partial charge in [-0.25, -0.2) is 8.78 Å². The number of phenolic OH excluding ortho intramolecular Hbond substituents is 2. The average Bonchev–Trinajstić information content (AvgIpc) is 2.67. The molecule has 3 aromatic rings. The zero-order valence-electron chi connectivity index (χ0n) is 14.2. The Morgan fingerprint density at radius 1 is 0.643 bits per heavy atom. The van der Waals surface area contributed by atoms with E-state index in [2.05, 4.69) is 10.6 Å². The van der Waals surface area contributed by atoms with E-state index in [-0.39, 0.29) is 16.9 Å². The van der Waals surface area contributed by atoms with E-state index in [1.165, 1.54) is 36.4 Å². The van der Waals surface area contributed by atoms with E-state index in [1.54, 1.807) is 0 Å². The third-order valence-electron chi connectivity index (χ3n) is 3.82. The van der Waals surface area contributed by atoms with Gasteiger partial charge in [0.15, 0.2) is 23.1 Å². The summed E-state index contributed by atoms with van der Waals surface area (Å²) in [5.74, 6) is -4.03. The Labute approximate surface area is 158 Å². The molecule has 3 aromatic carbocycles. The third-order valence-corrected chi connectivity index (χ3v) is 3.82. The zero-order chi connectivity index (χ0) is 20.3. The number of carbonyl (C=O) groups excluding carboxylic acids is 2. The fourth-order valence-electron chi connectivity index (χ4n) is 2.35. The molecule has 4 N–H and O–H groups in total. The molecule has 0 fully saturated rings. The molecule has 0 aliphatic carbocycles. The van der Waals surface area contributed by atoms with Crippen molar-refractivity contribution in [3.05, 3.63) is 83.4 Å². The number of carbonyl (C=O) groups is 2. The minimum Gasteiger partial charge on any atom is -0.504 e. The van der Waals surface area contributed by atoms with Crippen molar-refractivity contribution in [2.24, 2.45) is 0 Å². The molecule has 0 radical (unpaired) electrons. The van der Waals surface area contributed by atoms with Crippen LogP contribution in [0.2, 0.25) is 0 Å². The lowest BCUT2D eigenvalue weighted by Crippen LogP contribution is -2.13. The van der Waals surface area contributed by atoms with E-state index < -0.39 is 29.2 Å². The van der Waals surface area contributed by atoms with Crippen LogP contribution in [0.15, 0.2) is 60.7 Å². The van der Waals surface area contributed by atoms with Gasteiger partial charge in [-0.05, 0) is 60.7 Å². The molecule has 0 atom stereocenters. The Hall–Kier alpha value is -3.94. The second-order valence-electron chi connectivity index (χ2n) is 5.82. The summed E-state index contributed by atoms with van der Waals surface area (Å²) in [4.78, 5) is 24.2. The van der Waals surface area contributed by atoms with Crippen LogP contribution in [0.25, 0.3) is 0 Å². The second-order valence-corrected chi connectivity index (χ2v) is 5.82. The van der Waals surface area contributed by atoms with Crippen LogP contribution in [0.5, 0.6) is 11.5 Å². The van der Waals surface area contributed by atoms with E-state index in [0.29, 0.717) is 11.4 Å². The molecule has 0 aliphatic rings. The SMILES string of the molecule is O=C(Nc1ccc(NC(=O)c2ccc(F)c(F)c2)cc1)c1ccc(O)c(O)c1. The monoisotopic (exact) mass is 384 g/mol. The minimum absolute atomic E-state index is 0.0385. The van der Waals surface area contributed by atoms with Crippen molar-refractivity contribution in [1.82, 2.24) is 0 Å². The van der Waals surface area contributed by atoms with E-state index >= 15 is 0 Å². The molecule has 0 heterocycles. The van der Waals surface area contributed by atoms with E-state index in [1.807, 2.05) is 0 Å². The Morgan fingerprint density at radius 3 is 1.64 bits per heavy atom. The van der Waals surface area contributed by atoms with Crippen molar-refractivity contribution in [2.75, 3.05) is 10.6 Å². The molecule has 3 rings (SSSR count). The van der Waals surface area contributed by atoms with Gasteiger partial charge in [-0.15, -0.1) is 0 Å². The van der Waals surface area contributed by atoms with Crippen LogP contribution < -0.4 is 10.6 Å². The van der Waals surface area contributed by atoms with Gasteiger partial charge in [-0.3, -0.25) is 9.59 Å². The number of hydrogen-bond acceptors (Lipinski definition) is 4. The highest BCUT2D eigenvalue weighted by Gasteiger charge is 2.11. The van der Waals surface area contributed by atoms with Crippen LogP contribution in [-0.4, -0.2) is 22.0 Å².